The molecule has 0 aliphatic heterocycles. The molecule has 0 fully saturated rings. The van der Waals surface area contributed by atoms with E-state index in [4.69, 9.17) is 5.73 Å². The number of halogens is 1. The van der Waals surface area contributed by atoms with E-state index in [1.54, 1.807) is 0 Å². The molecule has 0 saturated heterocycles. The molecule has 4 heteroatoms. The van der Waals surface area contributed by atoms with Crippen LogP contribution in [-0.2, 0) is 6.54 Å². The molecule has 1 aromatic heterocycles. The second-order valence-corrected chi connectivity index (χ2v) is 5.28. The second-order valence-electron chi connectivity index (χ2n) is 4.36. The predicted molar refractivity (Wildman–Crippen MR) is 77.3 cm³/mol. The van der Waals surface area contributed by atoms with Gasteiger partial charge in [-0.2, -0.15) is 0 Å². The van der Waals surface area contributed by atoms with E-state index in [9.17, 15) is 0 Å². The summed E-state index contributed by atoms with van der Waals surface area (Å²) in [7, 11) is 0. The molecule has 0 aliphatic rings. The van der Waals surface area contributed by atoms with Gasteiger partial charge in [-0.1, -0.05) is 15.9 Å². The first-order valence-electron chi connectivity index (χ1n) is 5.83. The lowest BCUT2D eigenvalue weighted by Gasteiger charge is -2.11. The third kappa shape index (κ3) is 2.44. The van der Waals surface area contributed by atoms with E-state index in [0.29, 0.717) is 6.54 Å². The molecule has 1 heterocycles. The molecular weight excluding hydrogens is 290 g/mol. The zero-order valence-electron chi connectivity index (χ0n) is 10.8. The summed E-state index contributed by atoms with van der Waals surface area (Å²) in [6, 6.07) is 6.11. The number of nitrogens with zero attached hydrogens (tertiary/aromatic N) is 2. The number of rotatable bonds is 2. The predicted octanol–water partition coefficient (Wildman–Crippen LogP) is 3.29. The van der Waals surface area contributed by atoms with Crippen molar-refractivity contribution in [3.05, 3.63) is 45.2 Å². The molecule has 2 N–H and O–H groups in total. The SMILES string of the molecule is Cc1cc(Br)ccc1-c1nc(C)c(CN)c(C)n1. The van der Waals surface area contributed by atoms with E-state index in [0.717, 1.165) is 38.4 Å². The monoisotopic (exact) mass is 305 g/mol. The Bertz CT molecular complexity index is 571. The Kier molecular flexibility index (Phi) is 3.78. The highest BCUT2D eigenvalue weighted by Gasteiger charge is 2.10. The van der Waals surface area contributed by atoms with Crippen molar-refractivity contribution >= 4 is 15.9 Å². The molecule has 0 saturated carbocycles. The van der Waals surface area contributed by atoms with Gasteiger partial charge in [-0.3, -0.25) is 0 Å². The van der Waals surface area contributed by atoms with Gasteiger partial charge in [0.1, 0.15) is 0 Å². The maximum absolute atomic E-state index is 5.70. The normalized spacial score (nSPS) is 10.7. The minimum Gasteiger partial charge on any atom is -0.326 e. The maximum atomic E-state index is 5.70. The third-order valence-corrected chi connectivity index (χ3v) is 3.55. The van der Waals surface area contributed by atoms with E-state index >= 15 is 0 Å². The lowest BCUT2D eigenvalue weighted by molar-refractivity contribution is 0.938. The summed E-state index contributed by atoms with van der Waals surface area (Å²) in [5.74, 6) is 0.771. The minimum absolute atomic E-state index is 0.483. The van der Waals surface area contributed by atoms with Gasteiger partial charge in [0.05, 0.1) is 0 Å². The first-order valence-corrected chi connectivity index (χ1v) is 6.63. The summed E-state index contributed by atoms with van der Waals surface area (Å²) in [5.41, 5.74) is 10.9. The zero-order valence-corrected chi connectivity index (χ0v) is 12.4. The van der Waals surface area contributed by atoms with Crippen molar-refractivity contribution in [2.24, 2.45) is 5.73 Å². The van der Waals surface area contributed by atoms with E-state index in [2.05, 4.69) is 38.9 Å². The average Bonchev–Trinajstić information content (AvgIpc) is 2.28. The van der Waals surface area contributed by atoms with Gasteiger partial charge in [-0.25, -0.2) is 9.97 Å². The van der Waals surface area contributed by atoms with E-state index in [1.165, 1.54) is 0 Å². The van der Waals surface area contributed by atoms with Crippen molar-refractivity contribution in [3.8, 4) is 11.4 Å². The molecule has 0 amide bonds. The van der Waals surface area contributed by atoms with E-state index < -0.39 is 0 Å². The molecule has 18 heavy (non-hydrogen) atoms. The Hall–Kier alpha value is -1.26. The summed E-state index contributed by atoms with van der Waals surface area (Å²) in [6.45, 7) is 6.51. The van der Waals surface area contributed by atoms with Crippen LogP contribution in [0, 0.1) is 20.8 Å². The number of hydrogen-bond donors (Lipinski definition) is 1. The molecular formula is C14H16BrN3. The van der Waals surface area contributed by atoms with Crippen LogP contribution in [0.15, 0.2) is 22.7 Å². The van der Waals surface area contributed by atoms with E-state index in [1.807, 2.05) is 26.0 Å². The van der Waals surface area contributed by atoms with Crippen LogP contribution >= 0.6 is 15.9 Å². The van der Waals surface area contributed by atoms with Crippen molar-refractivity contribution in [2.75, 3.05) is 0 Å². The number of aryl methyl sites for hydroxylation is 3. The first kappa shape index (κ1) is 13.2. The van der Waals surface area contributed by atoms with Crippen molar-refractivity contribution in [2.45, 2.75) is 27.3 Å². The smallest absolute Gasteiger partial charge is 0.159 e. The van der Waals surface area contributed by atoms with Crippen LogP contribution in [0.5, 0.6) is 0 Å². The van der Waals surface area contributed by atoms with Crippen LogP contribution in [0.2, 0.25) is 0 Å². The average molecular weight is 306 g/mol. The summed E-state index contributed by atoms with van der Waals surface area (Å²) >= 11 is 3.46. The fourth-order valence-electron chi connectivity index (χ4n) is 2.03. The van der Waals surface area contributed by atoms with Gasteiger partial charge in [0.15, 0.2) is 5.82 Å². The van der Waals surface area contributed by atoms with Crippen LogP contribution in [0.4, 0.5) is 0 Å². The van der Waals surface area contributed by atoms with Crippen molar-refractivity contribution in [1.82, 2.24) is 9.97 Å². The quantitative estimate of drug-likeness (QED) is 0.926. The van der Waals surface area contributed by atoms with Crippen molar-refractivity contribution < 1.29 is 0 Å². The van der Waals surface area contributed by atoms with Gasteiger partial charge in [0.25, 0.3) is 0 Å². The molecule has 0 spiro atoms. The lowest BCUT2D eigenvalue weighted by atomic mass is 10.1. The van der Waals surface area contributed by atoms with Crippen LogP contribution < -0.4 is 5.73 Å². The Morgan fingerprint density at radius 3 is 2.22 bits per heavy atom. The van der Waals surface area contributed by atoms with Gasteiger partial charge < -0.3 is 5.73 Å². The van der Waals surface area contributed by atoms with Gasteiger partial charge in [-0.05, 0) is 44.5 Å². The third-order valence-electron chi connectivity index (χ3n) is 3.05. The molecule has 3 nitrogen and oxygen atoms in total. The van der Waals surface area contributed by atoms with Gasteiger partial charge in [0.2, 0.25) is 0 Å². The van der Waals surface area contributed by atoms with Crippen molar-refractivity contribution in [3.63, 3.8) is 0 Å². The minimum atomic E-state index is 0.483. The Morgan fingerprint density at radius 1 is 1.11 bits per heavy atom. The summed E-state index contributed by atoms with van der Waals surface area (Å²) in [6.07, 6.45) is 0. The highest BCUT2D eigenvalue weighted by Crippen LogP contribution is 2.24. The highest BCUT2D eigenvalue weighted by atomic mass is 79.9. The first-order chi connectivity index (χ1) is 8.52. The van der Waals surface area contributed by atoms with Gasteiger partial charge in [0, 0.05) is 33.5 Å². The summed E-state index contributed by atoms with van der Waals surface area (Å²) < 4.78 is 1.07. The molecule has 2 aromatic rings. The van der Waals surface area contributed by atoms with Crippen molar-refractivity contribution in [1.29, 1.82) is 0 Å². The fourth-order valence-corrected chi connectivity index (χ4v) is 2.51. The van der Waals surface area contributed by atoms with Gasteiger partial charge >= 0.3 is 0 Å². The molecule has 94 valence electrons. The standard InChI is InChI=1S/C14H16BrN3/c1-8-6-11(15)4-5-12(8)14-17-9(2)13(7-16)10(3)18-14/h4-6H,7,16H2,1-3H3. The second kappa shape index (κ2) is 5.16. The molecule has 0 atom stereocenters. The molecule has 0 bridgehead atoms. The Labute approximate surface area is 116 Å². The lowest BCUT2D eigenvalue weighted by Crippen LogP contribution is -2.07. The maximum Gasteiger partial charge on any atom is 0.159 e. The summed E-state index contributed by atoms with van der Waals surface area (Å²) in [4.78, 5) is 9.12. The molecule has 0 unspecified atom stereocenters. The number of aromatic nitrogens is 2. The number of hydrogen-bond acceptors (Lipinski definition) is 3. The Balaban J connectivity index is 2.58. The molecule has 2 rings (SSSR count). The van der Waals surface area contributed by atoms with Crippen LogP contribution in [0.25, 0.3) is 11.4 Å². The largest absolute Gasteiger partial charge is 0.326 e. The number of nitrogens with two attached hydrogens (primary N) is 1. The summed E-state index contributed by atoms with van der Waals surface area (Å²) in [5, 5.41) is 0. The molecule has 1 aromatic carbocycles. The topological polar surface area (TPSA) is 51.8 Å². The Morgan fingerprint density at radius 2 is 1.72 bits per heavy atom. The van der Waals surface area contributed by atoms with Crippen LogP contribution in [-0.4, -0.2) is 9.97 Å². The number of benzene rings is 1. The van der Waals surface area contributed by atoms with Gasteiger partial charge in [-0.15, -0.1) is 0 Å². The van der Waals surface area contributed by atoms with Crippen LogP contribution in [0.3, 0.4) is 0 Å². The fraction of sp³-hybridized carbons (Fsp3) is 0.286. The van der Waals surface area contributed by atoms with Crippen LogP contribution in [0.1, 0.15) is 22.5 Å². The molecule has 0 aliphatic carbocycles. The van der Waals surface area contributed by atoms with E-state index in [-0.39, 0.29) is 0 Å². The highest BCUT2D eigenvalue weighted by molar-refractivity contribution is 9.10. The molecule has 0 radical (unpaired) electrons. The zero-order chi connectivity index (χ0) is 13.3.